The van der Waals surface area contributed by atoms with Gasteiger partial charge in [0.15, 0.2) is 22.8 Å². The molecule has 0 aliphatic carbocycles. The fourth-order valence-electron chi connectivity index (χ4n) is 8.66. The van der Waals surface area contributed by atoms with Crippen LogP contribution in [0.25, 0.3) is 11.2 Å². The lowest BCUT2D eigenvalue weighted by Crippen LogP contribution is -2.46. The van der Waals surface area contributed by atoms with Crippen LogP contribution in [0.2, 0.25) is 0 Å². The highest BCUT2D eigenvalue weighted by molar-refractivity contribution is 8.13. The van der Waals surface area contributed by atoms with E-state index < -0.39 is 84.6 Å². The number of amides is 2. The Bertz CT molecular complexity index is 2610. The molecule has 3 rings (SSSR count). The van der Waals surface area contributed by atoms with Crippen LogP contribution in [0.4, 0.5) is 5.82 Å². The van der Waals surface area contributed by atoms with Crippen LogP contribution in [0.15, 0.2) is 85.6 Å². The summed E-state index contributed by atoms with van der Waals surface area (Å²) in [5.74, 6) is -1.03. The third-order valence-electron chi connectivity index (χ3n) is 13.4. The minimum absolute atomic E-state index is 0.0328. The summed E-state index contributed by atoms with van der Waals surface area (Å²) in [6.07, 6.45) is 44.7. The summed E-state index contributed by atoms with van der Waals surface area (Å²) in [6.45, 7) is 2.72. The number of unbranched alkanes of at least 4 members (excludes halogenated alkanes) is 14. The number of imidazole rings is 1. The van der Waals surface area contributed by atoms with Crippen molar-refractivity contribution in [1.29, 1.82) is 0 Å². The monoisotopic (exact) mass is 1270 g/mol. The van der Waals surface area contributed by atoms with Crippen LogP contribution in [0, 0.1) is 5.41 Å². The molecule has 0 bridgehead atoms. The number of phosphoric acid groups is 3. The number of allylic oxidation sites excluding steroid dienone is 12. The number of carbonyl (C=O) groups excluding carboxylic acids is 3. The molecular weight excluding hydrogens is 1180 g/mol. The Hall–Kier alpha value is -4.00. The molecule has 1 aliphatic heterocycles. The van der Waals surface area contributed by atoms with E-state index in [9.17, 15) is 57.9 Å². The van der Waals surface area contributed by atoms with E-state index in [0.29, 0.717) is 12.2 Å². The Morgan fingerprint density at radius 1 is 0.718 bits per heavy atom. The summed E-state index contributed by atoms with van der Waals surface area (Å²) in [6, 6.07) is 0. The number of fused-ring (bicyclic) bond motifs is 1. The topological polar surface area (TPSA) is 364 Å². The molecule has 2 aromatic heterocycles. The fourth-order valence-corrected chi connectivity index (χ4v) is 12.2. The van der Waals surface area contributed by atoms with Crippen molar-refractivity contribution in [2.24, 2.45) is 5.41 Å². The standard InChI is InChI=1S/C57H94N7O17P3S/c1-4-5-6-7-8-9-10-11-12-13-14-15-16-17-18-19-20-21-22-23-24-25-26-27-28-29-30-31-32-33-34-35-36-37-48(66)85-41-40-59-47(65)38-39-60-55(69)52(68)57(2,3)43-78-84(75,76)81-83(73,74)77-42-46-51(80-82(70,71)72)50(67)56(79-46)64-45-63-49-53(58)61-44-62-54(49)64/h5-6,8-9,11-12,14-15,17-18,20-21,44-46,50-52,56,67-68H,4,7,10,13,16,19,22-43H2,1-3H3,(H,59,65)(H,60,69)(H,73,74)(H,75,76)(H2,58,61,62)(H2,70,71,72)/b6-5-,9-8-,12-11-,15-14-,18-17-,21-20-/t46-,50-,51-,52+,56-/m1/s1. The first-order chi connectivity index (χ1) is 40.6. The van der Waals surface area contributed by atoms with Gasteiger partial charge in [-0.25, -0.2) is 28.6 Å². The zero-order valence-electron chi connectivity index (χ0n) is 49.6. The van der Waals surface area contributed by atoms with Crippen LogP contribution in [0.1, 0.15) is 175 Å². The molecule has 3 heterocycles. The number of nitrogens with two attached hydrogens (primary N) is 1. The largest absolute Gasteiger partial charge is 0.481 e. The second-order valence-corrected chi connectivity index (χ2v) is 26.6. The maximum absolute atomic E-state index is 12.8. The van der Waals surface area contributed by atoms with Crippen molar-refractivity contribution in [2.45, 2.75) is 199 Å². The van der Waals surface area contributed by atoms with Gasteiger partial charge in [0.25, 0.3) is 0 Å². The maximum Gasteiger partial charge on any atom is 0.481 e. The average Bonchev–Trinajstić information content (AvgIpc) is 2.05. The summed E-state index contributed by atoms with van der Waals surface area (Å²) in [5.41, 5.74) is 4.29. The molecule has 28 heteroatoms. The first kappa shape index (κ1) is 75.3. The van der Waals surface area contributed by atoms with Gasteiger partial charge in [0.1, 0.15) is 36.3 Å². The summed E-state index contributed by atoms with van der Waals surface area (Å²) < 4.78 is 62.7. The summed E-state index contributed by atoms with van der Waals surface area (Å²) >= 11 is 1.16. The van der Waals surface area contributed by atoms with E-state index in [0.717, 1.165) is 86.8 Å². The van der Waals surface area contributed by atoms with Crippen LogP contribution >= 0.6 is 35.2 Å². The normalized spacial score (nSPS) is 18.9. The smallest absolute Gasteiger partial charge is 0.386 e. The third-order valence-corrected chi connectivity index (χ3v) is 17.4. The molecule has 2 aromatic rings. The first-order valence-corrected chi connectivity index (χ1v) is 35.0. The van der Waals surface area contributed by atoms with E-state index in [1.807, 2.05) is 0 Å². The second-order valence-electron chi connectivity index (χ2n) is 21.2. The Morgan fingerprint density at radius 2 is 1.24 bits per heavy atom. The molecule has 0 radical (unpaired) electrons. The van der Waals surface area contributed by atoms with E-state index in [4.69, 9.17) is 19.5 Å². The lowest BCUT2D eigenvalue weighted by molar-refractivity contribution is -0.137. The van der Waals surface area contributed by atoms with Gasteiger partial charge in [-0.15, -0.1) is 0 Å². The van der Waals surface area contributed by atoms with E-state index in [2.05, 4.69) is 114 Å². The molecule has 2 unspecified atom stereocenters. The van der Waals surface area contributed by atoms with E-state index in [-0.39, 0.29) is 41.6 Å². The Kier molecular flexibility index (Phi) is 37.2. The molecule has 10 N–H and O–H groups in total. The van der Waals surface area contributed by atoms with Gasteiger partial charge in [-0.3, -0.25) is 32.5 Å². The molecule has 1 fully saturated rings. The summed E-state index contributed by atoms with van der Waals surface area (Å²) in [5, 5.41) is 26.8. The number of rotatable bonds is 47. The number of hydrogen-bond acceptors (Lipinski definition) is 18. The number of nitrogens with zero attached hydrogens (tertiary/aromatic N) is 4. The van der Waals surface area contributed by atoms with Crippen LogP contribution in [-0.2, 0) is 50.7 Å². The van der Waals surface area contributed by atoms with E-state index >= 15 is 0 Å². The number of aliphatic hydroxyl groups is 2. The molecule has 0 saturated carbocycles. The number of nitrogens with one attached hydrogen (secondary N) is 2. The first-order valence-electron chi connectivity index (χ1n) is 29.5. The molecular formula is C57H94N7O17P3S. The molecule has 85 heavy (non-hydrogen) atoms. The van der Waals surface area contributed by atoms with Crippen molar-refractivity contribution in [2.75, 3.05) is 37.8 Å². The molecule has 2 amide bonds. The van der Waals surface area contributed by atoms with Crippen molar-refractivity contribution in [3.63, 3.8) is 0 Å². The SMILES string of the molecule is CC/C=C\C/C=C\C/C=C\C/C=C\C/C=C\C/C=C\CCCCCCCCCCCCCCCCC(=O)SCCNC(=O)CCNC(=O)[C@H](O)C(C)(C)COP(=O)(O)OP(=O)(O)OC[C@H]1O[C@@H](n2cnc3c(N)ncnc32)[C@H](O)[C@@H]1OP(=O)(O)O. The van der Waals surface area contributed by atoms with Crippen LogP contribution in [0.3, 0.4) is 0 Å². The molecule has 1 aliphatic rings. The number of phosphoric ester groups is 3. The van der Waals surface area contributed by atoms with E-state index in [1.54, 1.807) is 0 Å². The van der Waals surface area contributed by atoms with Crippen molar-refractivity contribution in [1.82, 2.24) is 30.2 Å². The van der Waals surface area contributed by atoms with Crippen molar-refractivity contribution in [3.8, 4) is 0 Å². The minimum Gasteiger partial charge on any atom is -0.386 e. The zero-order chi connectivity index (χ0) is 62.4. The molecule has 480 valence electrons. The quantitative estimate of drug-likeness (QED) is 0.0169. The molecule has 0 spiro atoms. The number of nitrogen functional groups attached to an aromatic ring is 1. The highest BCUT2D eigenvalue weighted by Gasteiger charge is 2.50. The highest BCUT2D eigenvalue weighted by atomic mass is 32.2. The summed E-state index contributed by atoms with van der Waals surface area (Å²) in [7, 11) is -16.4. The van der Waals surface area contributed by atoms with Gasteiger partial charge in [0.2, 0.25) is 11.8 Å². The number of anilines is 1. The van der Waals surface area contributed by atoms with Gasteiger partial charge in [-0.05, 0) is 57.8 Å². The highest BCUT2D eigenvalue weighted by Crippen LogP contribution is 2.61. The van der Waals surface area contributed by atoms with Crippen molar-refractivity contribution in [3.05, 3.63) is 85.6 Å². The minimum atomic E-state index is -5.58. The van der Waals surface area contributed by atoms with Gasteiger partial charge >= 0.3 is 23.5 Å². The number of thioether (sulfide) groups is 1. The van der Waals surface area contributed by atoms with Gasteiger partial charge in [0, 0.05) is 37.1 Å². The maximum atomic E-state index is 12.8. The lowest BCUT2D eigenvalue weighted by atomic mass is 9.87. The van der Waals surface area contributed by atoms with Gasteiger partial charge in [0.05, 0.1) is 19.5 Å². The summed E-state index contributed by atoms with van der Waals surface area (Å²) in [4.78, 5) is 88.8. The number of hydrogen-bond donors (Lipinski definition) is 9. The third kappa shape index (κ3) is 33.2. The van der Waals surface area contributed by atoms with Gasteiger partial charge in [-0.1, -0.05) is 182 Å². The van der Waals surface area contributed by atoms with Crippen LogP contribution in [0.5, 0.6) is 0 Å². The van der Waals surface area contributed by atoms with Crippen LogP contribution < -0.4 is 16.4 Å². The predicted molar refractivity (Wildman–Crippen MR) is 329 cm³/mol. The zero-order valence-corrected chi connectivity index (χ0v) is 53.1. The molecule has 0 aromatic carbocycles. The second kappa shape index (κ2) is 42.0. The van der Waals surface area contributed by atoms with Gasteiger partial charge in [-0.2, -0.15) is 4.31 Å². The molecule has 1 saturated heterocycles. The Morgan fingerprint density at radius 3 is 1.79 bits per heavy atom. The number of ether oxygens (including phenoxy) is 1. The number of aliphatic hydroxyl groups excluding tert-OH is 2. The van der Waals surface area contributed by atoms with E-state index in [1.165, 1.54) is 90.9 Å². The Labute approximate surface area is 505 Å². The molecule has 24 nitrogen and oxygen atoms in total. The van der Waals surface area contributed by atoms with Crippen molar-refractivity contribution >= 4 is 69.1 Å². The average molecular weight is 1270 g/mol. The Balaban J connectivity index is 1.14. The van der Waals surface area contributed by atoms with Crippen LogP contribution in [-0.4, -0.2) is 123 Å². The fraction of sp³-hybridized carbons (Fsp3) is 0.649. The van der Waals surface area contributed by atoms with Gasteiger partial charge < -0.3 is 50.9 Å². The number of aromatic nitrogens is 4. The molecule has 7 atom stereocenters. The lowest BCUT2D eigenvalue weighted by Gasteiger charge is -2.30. The number of carbonyl (C=O) groups is 3. The van der Waals surface area contributed by atoms with Crippen molar-refractivity contribution < 1.29 is 80.5 Å². The predicted octanol–water partition coefficient (Wildman–Crippen LogP) is 10.6.